The molecule has 21 heavy (non-hydrogen) atoms. The molecule has 0 saturated carbocycles. The standard InChI is InChI=1S/C17H31N3O/c1-3-19-12-5-4-8-16(19)17(21)20-13-7-10-15(20)14-9-6-11-18(14)2/h14-16H,3-13H2,1-2H3. The Kier molecular flexibility index (Phi) is 4.85. The summed E-state index contributed by atoms with van der Waals surface area (Å²) in [5.74, 6) is 0.430. The SMILES string of the molecule is CCN1CCCCC1C(=O)N1CCCC1C1CCCN1C. The van der Waals surface area contributed by atoms with E-state index in [-0.39, 0.29) is 6.04 Å². The Morgan fingerprint density at radius 1 is 0.952 bits per heavy atom. The number of nitrogens with zero attached hydrogens (tertiary/aromatic N) is 3. The van der Waals surface area contributed by atoms with Crippen molar-refractivity contribution in [1.82, 2.24) is 14.7 Å². The smallest absolute Gasteiger partial charge is 0.240 e. The van der Waals surface area contributed by atoms with Crippen LogP contribution >= 0.6 is 0 Å². The molecule has 0 N–H and O–H groups in total. The number of likely N-dealkylation sites (tertiary alicyclic amines) is 3. The molecule has 3 atom stereocenters. The van der Waals surface area contributed by atoms with Gasteiger partial charge in [0.15, 0.2) is 0 Å². The maximum absolute atomic E-state index is 13.1. The summed E-state index contributed by atoms with van der Waals surface area (Å²) in [5, 5.41) is 0. The van der Waals surface area contributed by atoms with Gasteiger partial charge in [-0.05, 0) is 65.2 Å². The van der Waals surface area contributed by atoms with Crippen molar-refractivity contribution in [2.45, 2.75) is 70.0 Å². The number of piperidine rings is 1. The molecule has 3 heterocycles. The number of amides is 1. The van der Waals surface area contributed by atoms with Crippen molar-refractivity contribution < 1.29 is 4.79 Å². The molecular formula is C17H31N3O. The molecule has 0 aromatic carbocycles. The lowest BCUT2D eigenvalue weighted by molar-refractivity contribution is -0.140. The molecule has 0 aromatic heterocycles. The number of carbonyl (C=O) groups excluding carboxylic acids is 1. The summed E-state index contributed by atoms with van der Waals surface area (Å²) < 4.78 is 0. The van der Waals surface area contributed by atoms with Crippen molar-refractivity contribution in [3.05, 3.63) is 0 Å². The van der Waals surface area contributed by atoms with Crippen molar-refractivity contribution in [3.63, 3.8) is 0 Å². The lowest BCUT2D eigenvalue weighted by atomic mass is 9.98. The summed E-state index contributed by atoms with van der Waals surface area (Å²) in [7, 11) is 2.23. The summed E-state index contributed by atoms with van der Waals surface area (Å²) >= 11 is 0. The molecule has 3 aliphatic heterocycles. The van der Waals surface area contributed by atoms with Gasteiger partial charge >= 0.3 is 0 Å². The molecule has 3 aliphatic rings. The van der Waals surface area contributed by atoms with Crippen LogP contribution < -0.4 is 0 Å². The van der Waals surface area contributed by atoms with Gasteiger partial charge in [-0.3, -0.25) is 9.69 Å². The second-order valence-corrected chi connectivity index (χ2v) is 7.07. The Morgan fingerprint density at radius 2 is 1.71 bits per heavy atom. The highest BCUT2D eigenvalue weighted by molar-refractivity contribution is 5.82. The zero-order valence-corrected chi connectivity index (χ0v) is 13.8. The molecule has 0 aliphatic carbocycles. The molecule has 0 bridgehead atoms. The minimum atomic E-state index is 0.163. The number of hydrogen-bond donors (Lipinski definition) is 0. The van der Waals surface area contributed by atoms with E-state index in [2.05, 4.69) is 28.7 Å². The zero-order valence-electron chi connectivity index (χ0n) is 13.8. The number of likely N-dealkylation sites (N-methyl/N-ethyl adjacent to an activating group) is 2. The van der Waals surface area contributed by atoms with Gasteiger partial charge in [0.25, 0.3) is 0 Å². The first-order valence-electron chi connectivity index (χ1n) is 8.97. The van der Waals surface area contributed by atoms with E-state index in [1.165, 1.54) is 45.1 Å². The van der Waals surface area contributed by atoms with E-state index in [0.29, 0.717) is 18.0 Å². The minimum Gasteiger partial charge on any atom is -0.337 e. The van der Waals surface area contributed by atoms with E-state index in [9.17, 15) is 4.79 Å². The van der Waals surface area contributed by atoms with Crippen LogP contribution in [0.25, 0.3) is 0 Å². The maximum Gasteiger partial charge on any atom is 0.240 e. The van der Waals surface area contributed by atoms with Gasteiger partial charge in [0.05, 0.1) is 6.04 Å². The van der Waals surface area contributed by atoms with Crippen molar-refractivity contribution in [1.29, 1.82) is 0 Å². The van der Waals surface area contributed by atoms with E-state index in [1.54, 1.807) is 0 Å². The predicted molar refractivity (Wildman–Crippen MR) is 85.3 cm³/mol. The predicted octanol–water partition coefficient (Wildman–Crippen LogP) is 1.95. The summed E-state index contributed by atoms with van der Waals surface area (Å²) in [5.41, 5.74) is 0. The van der Waals surface area contributed by atoms with E-state index in [1.807, 2.05) is 0 Å². The number of carbonyl (C=O) groups is 1. The van der Waals surface area contributed by atoms with Gasteiger partial charge in [-0.15, -0.1) is 0 Å². The summed E-state index contributed by atoms with van der Waals surface area (Å²) in [6.45, 7) is 6.50. The van der Waals surface area contributed by atoms with Crippen molar-refractivity contribution in [2.24, 2.45) is 0 Å². The van der Waals surface area contributed by atoms with Crippen LogP contribution in [-0.2, 0) is 4.79 Å². The van der Waals surface area contributed by atoms with Gasteiger partial charge in [0.2, 0.25) is 5.91 Å². The average molecular weight is 293 g/mol. The van der Waals surface area contributed by atoms with Crippen LogP contribution in [0.5, 0.6) is 0 Å². The summed E-state index contributed by atoms with van der Waals surface area (Å²) in [4.78, 5) is 20.2. The third-order valence-electron chi connectivity index (χ3n) is 5.91. The molecule has 4 heteroatoms. The summed E-state index contributed by atoms with van der Waals surface area (Å²) in [6.07, 6.45) is 8.51. The first-order valence-corrected chi connectivity index (χ1v) is 8.97. The van der Waals surface area contributed by atoms with E-state index in [4.69, 9.17) is 0 Å². The van der Waals surface area contributed by atoms with Crippen LogP contribution in [0.3, 0.4) is 0 Å². The van der Waals surface area contributed by atoms with E-state index in [0.717, 1.165) is 26.1 Å². The molecule has 4 nitrogen and oxygen atoms in total. The Balaban J connectivity index is 1.70. The van der Waals surface area contributed by atoms with Crippen LogP contribution in [0.2, 0.25) is 0 Å². The fraction of sp³-hybridized carbons (Fsp3) is 0.941. The quantitative estimate of drug-likeness (QED) is 0.796. The van der Waals surface area contributed by atoms with Gasteiger partial charge in [-0.2, -0.15) is 0 Å². The highest BCUT2D eigenvalue weighted by Gasteiger charge is 2.41. The molecule has 3 rings (SSSR count). The van der Waals surface area contributed by atoms with E-state index >= 15 is 0 Å². The molecule has 3 unspecified atom stereocenters. The molecule has 3 saturated heterocycles. The zero-order chi connectivity index (χ0) is 14.8. The number of hydrogen-bond acceptors (Lipinski definition) is 3. The first-order chi connectivity index (χ1) is 10.2. The van der Waals surface area contributed by atoms with Gasteiger partial charge in [-0.1, -0.05) is 13.3 Å². The number of rotatable bonds is 3. The largest absolute Gasteiger partial charge is 0.337 e. The normalized spacial score (nSPS) is 35.5. The third kappa shape index (κ3) is 2.98. The molecule has 1 amide bonds. The van der Waals surface area contributed by atoms with Gasteiger partial charge in [0, 0.05) is 18.6 Å². The summed E-state index contributed by atoms with van der Waals surface area (Å²) in [6, 6.07) is 1.25. The maximum atomic E-state index is 13.1. The van der Waals surface area contributed by atoms with Crippen molar-refractivity contribution in [3.8, 4) is 0 Å². The Morgan fingerprint density at radius 3 is 2.43 bits per heavy atom. The van der Waals surface area contributed by atoms with E-state index < -0.39 is 0 Å². The highest BCUT2D eigenvalue weighted by Crippen LogP contribution is 2.31. The van der Waals surface area contributed by atoms with Gasteiger partial charge in [-0.25, -0.2) is 0 Å². The molecule has 3 fully saturated rings. The lowest BCUT2D eigenvalue weighted by Gasteiger charge is -2.40. The highest BCUT2D eigenvalue weighted by atomic mass is 16.2. The molecular weight excluding hydrogens is 262 g/mol. The van der Waals surface area contributed by atoms with Crippen LogP contribution in [0, 0.1) is 0 Å². The second kappa shape index (κ2) is 6.66. The monoisotopic (exact) mass is 293 g/mol. The van der Waals surface area contributed by atoms with Crippen LogP contribution in [0.15, 0.2) is 0 Å². The first kappa shape index (κ1) is 15.3. The molecule has 0 spiro atoms. The lowest BCUT2D eigenvalue weighted by Crippen LogP contribution is -2.55. The third-order valence-corrected chi connectivity index (χ3v) is 5.91. The Hall–Kier alpha value is -0.610. The molecule has 120 valence electrons. The second-order valence-electron chi connectivity index (χ2n) is 7.07. The fourth-order valence-electron chi connectivity index (χ4n) is 4.73. The topological polar surface area (TPSA) is 26.8 Å². The minimum absolute atomic E-state index is 0.163. The van der Waals surface area contributed by atoms with Crippen LogP contribution in [-0.4, -0.2) is 72.0 Å². The van der Waals surface area contributed by atoms with Crippen LogP contribution in [0.4, 0.5) is 0 Å². The molecule has 0 radical (unpaired) electrons. The fourth-order valence-corrected chi connectivity index (χ4v) is 4.73. The van der Waals surface area contributed by atoms with Gasteiger partial charge in [0.1, 0.15) is 0 Å². The Bertz CT molecular complexity index is 373. The van der Waals surface area contributed by atoms with Crippen molar-refractivity contribution in [2.75, 3.05) is 33.2 Å². The Labute approximate surface area is 129 Å². The van der Waals surface area contributed by atoms with Crippen LogP contribution in [0.1, 0.15) is 51.9 Å². The van der Waals surface area contributed by atoms with Crippen molar-refractivity contribution >= 4 is 5.91 Å². The van der Waals surface area contributed by atoms with Gasteiger partial charge < -0.3 is 9.80 Å². The average Bonchev–Trinajstić information content (AvgIpc) is 3.14. The molecule has 0 aromatic rings.